The summed E-state index contributed by atoms with van der Waals surface area (Å²) in [5, 5.41) is 7.34. The molecule has 1 aliphatic carbocycles. The molecule has 5 fully saturated rings. The van der Waals surface area contributed by atoms with E-state index in [9.17, 15) is 45.5 Å². The first-order valence-electron chi connectivity index (χ1n) is 20.9. The van der Waals surface area contributed by atoms with Crippen LogP contribution < -0.4 is 5.73 Å². The fourth-order valence-corrected chi connectivity index (χ4v) is 9.74. The maximum absolute atomic E-state index is 13.4. The molecular weight excluding hydrogens is 845 g/mol. The second-order valence-corrected chi connectivity index (χ2v) is 18.2. The van der Waals surface area contributed by atoms with Gasteiger partial charge in [0.1, 0.15) is 5.41 Å². The average Bonchev–Trinajstić information content (AvgIpc) is 3.52. The summed E-state index contributed by atoms with van der Waals surface area (Å²) in [4.78, 5) is 59.2. The first-order valence-corrected chi connectivity index (χ1v) is 21.8. The second-order valence-electron chi connectivity index (χ2n) is 17.3. The normalized spacial score (nSPS) is 21.9. The van der Waals surface area contributed by atoms with Gasteiger partial charge in [0.2, 0.25) is 17.7 Å². The van der Waals surface area contributed by atoms with Gasteiger partial charge in [-0.15, -0.1) is 11.3 Å². The Kier molecular flexibility index (Phi) is 13.4. The number of ether oxygens (including phenoxy) is 2. The summed E-state index contributed by atoms with van der Waals surface area (Å²) in [7, 11) is 0. The van der Waals surface area contributed by atoms with Crippen LogP contribution in [-0.2, 0) is 36.6 Å². The molecule has 2 unspecified atom stereocenters. The molecule has 2 atom stereocenters. The van der Waals surface area contributed by atoms with Crippen molar-refractivity contribution in [3.63, 3.8) is 0 Å². The lowest BCUT2D eigenvalue weighted by Gasteiger charge is -2.51. The molecule has 338 valence electrons. The van der Waals surface area contributed by atoms with Crippen LogP contribution in [0.25, 0.3) is 0 Å². The topological polar surface area (TPSA) is 153 Å². The highest BCUT2D eigenvalue weighted by Crippen LogP contribution is 2.60. The van der Waals surface area contributed by atoms with Gasteiger partial charge in [0, 0.05) is 88.2 Å². The van der Waals surface area contributed by atoms with E-state index in [2.05, 4.69) is 10.1 Å². The van der Waals surface area contributed by atoms with E-state index in [4.69, 9.17) is 15.2 Å². The summed E-state index contributed by atoms with van der Waals surface area (Å²) >= 11 is 1.73. The zero-order valence-corrected chi connectivity index (χ0v) is 35.2. The Balaban J connectivity index is 0.000000207. The fraction of sp³-hybridized carbons (Fsp3) is 0.619. The van der Waals surface area contributed by atoms with Crippen molar-refractivity contribution in [1.82, 2.24) is 29.5 Å². The van der Waals surface area contributed by atoms with Gasteiger partial charge < -0.3 is 29.9 Å². The summed E-state index contributed by atoms with van der Waals surface area (Å²) in [5.41, 5.74) is 2.18. The third-order valence-corrected chi connectivity index (χ3v) is 13.8. The molecule has 13 nitrogen and oxygen atoms in total. The minimum Gasteiger partial charge on any atom is -0.381 e. The van der Waals surface area contributed by atoms with Gasteiger partial charge in [-0.1, -0.05) is 12.1 Å². The summed E-state index contributed by atoms with van der Waals surface area (Å²) in [5.74, 6) is -1.69. The number of amides is 4. The number of hydrogen-bond acceptors (Lipinski definition) is 9. The maximum atomic E-state index is 13.4. The molecule has 1 saturated carbocycles. The highest BCUT2D eigenvalue weighted by atomic mass is 32.1. The zero-order chi connectivity index (χ0) is 44.5. The molecule has 6 heterocycles. The van der Waals surface area contributed by atoms with Crippen LogP contribution in [0.1, 0.15) is 84.3 Å². The number of alkyl halides is 6. The van der Waals surface area contributed by atoms with Gasteiger partial charge in [-0.25, -0.2) is 4.98 Å². The third-order valence-electron chi connectivity index (χ3n) is 12.9. The maximum Gasteiger partial charge on any atom is 0.416 e. The minimum absolute atomic E-state index is 0.00275. The van der Waals surface area contributed by atoms with E-state index in [1.807, 2.05) is 23.4 Å². The molecule has 2 aromatic heterocycles. The van der Waals surface area contributed by atoms with E-state index in [0.717, 1.165) is 75.6 Å². The highest BCUT2D eigenvalue weighted by molar-refractivity contribution is 7.09. The van der Waals surface area contributed by atoms with E-state index >= 15 is 0 Å². The first kappa shape index (κ1) is 45.5. The standard InChI is InChI=1S/C24H23F6N5O3.C18H28N2O3S/c25-23(26,27)16-3-1-14(2-4-16)8-35-9-15(7-32-35)19(37)33-10-17(18(31)36)21(11-33)12-34(13-21)20(38)22(5-6-22)24(28,29)30;1-14(23-13-15-4-9-22-10-5-15)12-17(21)20-7-2-16(3-8-20)18-19-6-11-24-18/h1-4,7,9,17H,5-6,8,10-13H2,(H2,31,36);6,11,14-16H,2-5,7-10,12-13H2,1H3. The average molecular weight is 896 g/mol. The smallest absolute Gasteiger partial charge is 0.381 e. The van der Waals surface area contributed by atoms with Gasteiger partial charge in [0.05, 0.1) is 47.3 Å². The molecule has 0 bridgehead atoms. The molecule has 8 rings (SSSR count). The molecule has 2 N–H and O–H groups in total. The highest BCUT2D eigenvalue weighted by Gasteiger charge is 2.71. The summed E-state index contributed by atoms with van der Waals surface area (Å²) in [6.45, 7) is 6.02. The van der Waals surface area contributed by atoms with Crippen molar-refractivity contribution in [2.75, 3.05) is 59.1 Å². The first-order chi connectivity index (χ1) is 29.4. The Morgan fingerprint density at radius 2 is 1.61 bits per heavy atom. The summed E-state index contributed by atoms with van der Waals surface area (Å²) in [6.07, 6.45) is -0.372. The van der Waals surface area contributed by atoms with Crippen LogP contribution in [0, 0.1) is 22.7 Å². The lowest BCUT2D eigenvalue weighted by atomic mass is 9.70. The van der Waals surface area contributed by atoms with E-state index in [-0.39, 0.29) is 63.1 Å². The molecular formula is C42H51F6N7O6S. The van der Waals surface area contributed by atoms with Crippen LogP contribution in [0.4, 0.5) is 26.3 Å². The van der Waals surface area contributed by atoms with E-state index in [1.54, 1.807) is 11.3 Å². The molecule has 20 heteroatoms. The Labute approximate surface area is 358 Å². The number of hydrogen-bond donors (Lipinski definition) is 1. The predicted octanol–water partition coefficient (Wildman–Crippen LogP) is 5.75. The summed E-state index contributed by atoms with van der Waals surface area (Å²) in [6, 6.07) is 4.51. The molecule has 4 amide bonds. The Morgan fingerprint density at radius 3 is 2.19 bits per heavy atom. The van der Waals surface area contributed by atoms with Crippen molar-refractivity contribution in [2.24, 2.45) is 28.4 Å². The quantitative estimate of drug-likeness (QED) is 0.239. The fourth-order valence-electron chi connectivity index (χ4n) is 8.93. The number of rotatable bonds is 11. The van der Waals surface area contributed by atoms with Gasteiger partial charge >= 0.3 is 12.4 Å². The number of nitrogens with two attached hydrogens (primary N) is 1. The number of carbonyl (C=O) groups is 4. The van der Waals surface area contributed by atoms with Crippen LogP contribution in [0.2, 0.25) is 0 Å². The van der Waals surface area contributed by atoms with Crippen molar-refractivity contribution < 1.29 is 55.0 Å². The van der Waals surface area contributed by atoms with Crippen LogP contribution >= 0.6 is 11.3 Å². The number of nitrogens with zero attached hydrogens (tertiary/aromatic N) is 6. The number of primary amides is 1. The lowest BCUT2D eigenvalue weighted by Crippen LogP contribution is -2.65. The Hall–Kier alpha value is -4.56. The van der Waals surface area contributed by atoms with Gasteiger partial charge in [0.15, 0.2) is 0 Å². The monoisotopic (exact) mass is 895 g/mol. The molecule has 4 saturated heterocycles. The van der Waals surface area contributed by atoms with Crippen molar-refractivity contribution >= 4 is 35.0 Å². The van der Waals surface area contributed by atoms with Crippen LogP contribution in [0.5, 0.6) is 0 Å². The minimum atomic E-state index is -4.64. The van der Waals surface area contributed by atoms with Gasteiger partial charge in [-0.2, -0.15) is 31.4 Å². The molecule has 0 radical (unpaired) electrons. The number of benzene rings is 1. The van der Waals surface area contributed by atoms with Gasteiger partial charge in [0.25, 0.3) is 5.91 Å². The molecule has 3 aromatic rings. The van der Waals surface area contributed by atoms with Gasteiger partial charge in [-0.05, 0) is 69.1 Å². The van der Waals surface area contributed by atoms with Crippen molar-refractivity contribution in [2.45, 2.75) is 82.8 Å². The number of thiazole rings is 1. The van der Waals surface area contributed by atoms with Gasteiger partial charge in [-0.3, -0.25) is 23.9 Å². The lowest BCUT2D eigenvalue weighted by molar-refractivity contribution is -0.205. The number of piperidine rings is 1. The molecule has 5 aliphatic rings. The number of carbonyl (C=O) groups excluding carboxylic acids is 4. The van der Waals surface area contributed by atoms with Crippen molar-refractivity contribution in [3.05, 3.63) is 69.9 Å². The third kappa shape index (κ3) is 10.1. The zero-order valence-electron chi connectivity index (χ0n) is 34.3. The molecule has 1 spiro atoms. The van der Waals surface area contributed by atoms with Crippen LogP contribution in [0.3, 0.4) is 0 Å². The van der Waals surface area contributed by atoms with Crippen LogP contribution in [0.15, 0.2) is 48.2 Å². The van der Waals surface area contributed by atoms with E-state index < -0.39 is 52.4 Å². The SMILES string of the molecule is CC(CC(=O)N1CCC(c2nccs2)CC1)OCC1CCOCC1.NC(=O)C1CN(C(=O)c2cnn(Cc3ccc(C(F)(F)F)cc3)c2)CC12CN(C(=O)C1(C(F)(F)F)CC1)C2. The second kappa shape index (κ2) is 18.3. The van der Waals surface area contributed by atoms with Crippen molar-refractivity contribution in [3.8, 4) is 0 Å². The Morgan fingerprint density at radius 1 is 0.952 bits per heavy atom. The van der Waals surface area contributed by atoms with E-state index in [1.165, 1.54) is 39.1 Å². The largest absolute Gasteiger partial charge is 0.416 e. The number of halogens is 6. The predicted molar refractivity (Wildman–Crippen MR) is 212 cm³/mol. The number of aromatic nitrogens is 3. The van der Waals surface area contributed by atoms with Crippen LogP contribution in [-0.4, -0.2) is 124 Å². The molecule has 1 aromatic carbocycles. The summed E-state index contributed by atoms with van der Waals surface area (Å²) < 4.78 is 91.1. The van der Waals surface area contributed by atoms with Crippen molar-refractivity contribution in [1.29, 1.82) is 0 Å². The molecule has 62 heavy (non-hydrogen) atoms. The number of likely N-dealkylation sites (tertiary alicyclic amines) is 3. The molecule has 4 aliphatic heterocycles. The van der Waals surface area contributed by atoms with E-state index in [0.29, 0.717) is 23.8 Å². The Bertz CT molecular complexity index is 2040.